The molecule has 0 aromatic heterocycles. The van der Waals surface area contributed by atoms with Crippen LogP contribution in [0, 0.1) is 0 Å². The zero-order valence-corrected chi connectivity index (χ0v) is 19.6. The fourth-order valence-corrected chi connectivity index (χ4v) is 5.41. The van der Waals surface area contributed by atoms with Gasteiger partial charge in [-0.25, -0.2) is 10.0 Å². The van der Waals surface area contributed by atoms with Crippen LogP contribution in [-0.2, 0) is 10.3 Å². The maximum Gasteiger partial charge on any atom is 0.158 e. The maximum atomic E-state index is 13.8. The van der Waals surface area contributed by atoms with Crippen molar-refractivity contribution in [3.05, 3.63) is 60.2 Å². The van der Waals surface area contributed by atoms with Crippen LogP contribution in [-0.4, -0.2) is 55.6 Å². The first-order valence-corrected chi connectivity index (χ1v) is 12.2. The summed E-state index contributed by atoms with van der Waals surface area (Å²) < 4.78 is 5.42. The lowest BCUT2D eigenvalue weighted by atomic mass is 9.79. The summed E-state index contributed by atoms with van der Waals surface area (Å²) >= 11 is 0. The average Bonchev–Trinajstić information content (AvgIpc) is 3.09. The summed E-state index contributed by atoms with van der Waals surface area (Å²) in [7, 11) is 1.72. The van der Waals surface area contributed by atoms with Crippen LogP contribution in [0.1, 0.15) is 51.0 Å². The Morgan fingerprint density at radius 1 is 0.938 bits per heavy atom. The van der Waals surface area contributed by atoms with Crippen molar-refractivity contribution in [2.75, 3.05) is 44.7 Å². The molecule has 5 heteroatoms. The van der Waals surface area contributed by atoms with Gasteiger partial charge in [-0.3, -0.25) is 4.79 Å². The Bertz CT molecular complexity index is 879. The molecule has 2 aliphatic rings. The van der Waals surface area contributed by atoms with Crippen molar-refractivity contribution in [2.24, 2.45) is 0 Å². The number of piperazine rings is 1. The molecule has 5 nitrogen and oxygen atoms in total. The highest BCUT2D eigenvalue weighted by Crippen LogP contribution is 2.40. The number of nitrogens with zero attached hydrogens (tertiary/aromatic N) is 3. The van der Waals surface area contributed by atoms with E-state index in [2.05, 4.69) is 70.4 Å². The first-order chi connectivity index (χ1) is 15.7. The van der Waals surface area contributed by atoms with Gasteiger partial charge < -0.3 is 9.64 Å². The van der Waals surface area contributed by atoms with Gasteiger partial charge in [0.1, 0.15) is 11.3 Å². The Labute approximate surface area is 192 Å². The molecule has 2 aromatic carbocycles. The average molecular weight is 436 g/mol. The third-order valence-corrected chi connectivity index (χ3v) is 7.05. The number of hydrogen-bond donors (Lipinski definition) is 0. The summed E-state index contributed by atoms with van der Waals surface area (Å²) in [6.07, 6.45) is 5.87. The van der Waals surface area contributed by atoms with Gasteiger partial charge >= 0.3 is 0 Å². The monoisotopic (exact) mass is 435 g/mol. The van der Waals surface area contributed by atoms with Crippen molar-refractivity contribution in [1.29, 1.82) is 0 Å². The number of carbonyl (C=O) groups is 1. The number of methoxy groups -OCH3 is 1. The molecule has 2 heterocycles. The smallest absolute Gasteiger partial charge is 0.158 e. The van der Waals surface area contributed by atoms with Crippen molar-refractivity contribution in [3.63, 3.8) is 0 Å². The van der Waals surface area contributed by atoms with E-state index in [1.54, 1.807) is 7.11 Å². The highest BCUT2D eigenvalue weighted by atomic mass is 16.5. The van der Waals surface area contributed by atoms with Gasteiger partial charge in [0.15, 0.2) is 5.78 Å². The van der Waals surface area contributed by atoms with Gasteiger partial charge in [-0.2, -0.15) is 0 Å². The van der Waals surface area contributed by atoms with E-state index in [9.17, 15) is 4.79 Å². The van der Waals surface area contributed by atoms with Crippen LogP contribution in [0.15, 0.2) is 54.6 Å². The van der Waals surface area contributed by atoms with E-state index in [0.29, 0.717) is 12.2 Å². The molecule has 0 spiro atoms. The zero-order chi connectivity index (χ0) is 22.4. The van der Waals surface area contributed by atoms with Crippen LogP contribution in [0.3, 0.4) is 0 Å². The minimum absolute atomic E-state index is 0.378. The normalized spacial score (nSPS) is 23.0. The zero-order valence-electron chi connectivity index (χ0n) is 19.6. The molecule has 2 aromatic rings. The van der Waals surface area contributed by atoms with E-state index in [1.165, 1.54) is 12.1 Å². The molecule has 2 fully saturated rings. The Morgan fingerprint density at radius 2 is 1.72 bits per heavy atom. The number of Topliss-reactive ketones (excluding diaryl/α,β-unsaturated/α-hetero) is 1. The molecule has 1 atom stereocenters. The highest BCUT2D eigenvalue weighted by Gasteiger charge is 2.47. The van der Waals surface area contributed by atoms with Crippen LogP contribution >= 0.6 is 0 Å². The quantitative estimate of drug-likeness (QED) is 0.620. The van der Waals surface area contributed by atoms with E-state index in [4.69, 9.17) is 4.74 Å². The van der Waals surface area contributed by atoms with Crippen molar-refractivity contribution < 1.29 is 9.53 Å². The van der Waals surface area contributed by atoms with E-state index < -0.39 is 5.54 Å². The first kappa shape index (κ1) is 22.8. The maximum absolute atomic E-state index is 13.8. The second-order valence-corrected chi connectivity index (χ2v) is 8.98. The standard InChI is InChI=1S/C27H37N3O2/c1-3-11-26(31)27(23-12-6-4-7-13-23)16-8-5-9-17-30(27)29-20-18-28(19-21-29)24-14-10-15-25(22-24)32-2/h4,6-7,10,12-15,22H,3,5,8-9,11,16-21H2,1-2H3. The summed E-state index contributed by atoms with van der Waals surface area (Å²) in [6.45, 7) is 6.79. The molecule has 32 heavy (non-hydrogen) atoms. The number of rotatable bonds is 7. The van der Waals surface area contributed by atoms with E-state index in [0.717, 1.165) is 69.7 Å². The molecule has 0 amide bonds. The molecule has 0 radical (unpaired) electrons. The molecule has 1 unspecified atom stereocenters. The van der Waals surface area contributed by atoms with Crippen molar-refractivity contribution >= 4 is 11.5 Å². The third kappa shape index (κ3) is 4.55. The molecule has 172 valence electrons. The Hall–Kier alpha value is -2.37. The summed E-state index contributed by atoms with van der Waals surface area (Å²) in [5.41, 5.74) is 1.83. The minimum Gasteiger partial charge on any atom is -0.497 e. The summed E-state index contributed by atoms with van der Waals surface area (Å²) in [5.74, 6) is 1.27. The molecule has 0 N–H and O–H groups in total. The van der Waals surface area contributed by atoms with Crippen molar-refractivity contribution in [2.45, 2.75) is 51.0 Å². The van der Waals surface area contributed by atoms with Crippen LogP contribution < -0.4 is 9.64 Å². The summed E-state index contributed by atoms with van der Waals surface area (Å²) in [6, 6.07) is 18.9. The van der Waals surface area contributed by atoms with Crippen LogP contribution in [0.25, 0.3) is 0 Å². The molecule has 0 aliphatic carbocycles. The Morgan fingerprint density at radius 3 is 2.44 bits per heavy atom. The van der Waals surface area contributed by atoms with Gasteiger partial charge in [0.25, 0.3) is 0 Å². The fourth-order valence-electron chi connectivity index (χ4n) is 5.41. The number of anilines is 1. The lowest BCUT2D eigenvalue weighted by Crippen LogP contribution is -2.63. The van der Waals surface area contributed by atoms with Gasteiger partial charge in [0.05, 0.1) is 7.11 Å². The van der Waals surface area contributed by atoms with Gasteiger partial charge in [0.2, 0.25) is 0 Å². The van der Waals surface area contributed by atoms with E-state index in [1.807, 2.05) is 6.07 Å². The van der Waals surface area contributed by atoms with Crippen molar-refractivity contribution in [1.82, 2.24) is 10.0 Å². The van der Waals surface area contributed by atoms with Crippen molar-refractivity contribution in [3.8, 4) is 5.75 Å². The van der Waals surface area contributed by atoms with E-state index in [-0.39, 0.29) is 0 Å². The lowest BCUT2D eigenvalue weighted by Gasteiger charge is -2.50. The van der Waals surface area contributed by atoms with Gasteiger partial charge in [0, 0.05) is 50.9 Å². The molecule has 2 aliphatic heterocycles. The third-order valence-electron chi connectivity index (χ3n) is 7.05. The number of ether oxygens (including phenoxy) is 1. The first-order valence-electron chi connectivity index (χ1n) is 12.2. The molecule has 0 bridgehead atoms. The molecule has 4 rings (SSSR count). The topological polar surface area (TPSA) is 36.0 Å². The Balaban J connectivity index is 1.60. The van der Waals surface area contributed by atoms with E-state index >= 15 is 0 Å². The summed E-state index contributed by atoms with van der Waals surface area (Å²) in [5, 5.41) is 4.94. The molecular weight excluding hydrogens is 398 g/mol. The number of carbonyl (C=O) groups excluding carboxylic acids is 1. The largest absolute Gasteiger partial charge is 0.497 e. The minimum atomic E-state index is -0.536. The highest BCUT2D eigenvalue weighted by molar-refractivity contribution is 5.89. The number of hydrazine groups is 1. The predicted molar refractivity (Wildman–Crippen MR) is 130 cm³/mol. The Kier molecular flexibility index (Phi) is 7.48. The van der Waals surface area contributed by atoms with Gasteiger partial charge in [-0.1, -0.05) is 56.2 Å². The number of ketones is 1. The predicted octanol–water partition coefficient (Wildman–Crippen LogP) is 4.87. The number of benzene rings is 2. The fraction of sp³-hybridized carbons (Fsp3) is 0.519. The lowest BCUT2D eigenvalue weighted by molar-refractivity contribution is -0.156. The molecule has 2 saturated heterocycles. The SMILES string of the molecule is CCCC(=O)C1(c2ccccc2)CCCCCN1N1CCN(c2cccc(OC)c2)CC1. The van der Waals surface area contributed by atoms with Crippen LogP contribution in [0.2, 0.25) is 0 Å². The van der Waals surface area contributed by atoms with Gasteiger partial charge in [-0.05, 0) is 37.0 Å². The van der Waals surface area contributed by atoms with Gasteiger partial charge in [-0.15, -0.1) is 0 Å². The second-order valence-electron chi connectivity index (χ2n) is 8.98. The summed E-state index contributed by atoms with van der Waals surface area (Å²) in [4.78, 5) is 16.2. The number of hydrogen-bond acceptors (Lipinski definition) is 5. The molecule has 0 saturated carbocycles. The van der Waals surface area contributed by atoms with Crippen LogP contribution in [0.5, 0.6) is 5.75 Å². The molecular formula is C27H37N3O2. The van der Waals surface area contributed by atoms with Crippen LogP contribution in [0.4, 0.5) is 5.69 Å². The second kappa shape index (κ2) is 10.5.